The number of hydrogen-bond donors (Lipinski definition) is 2. The van der Waals surface area contributed by atoms with Gasteiger partial charge < -0.3 is 10.2 Å². The lowest BCUT2D eigenvalue weighted by Gasteiger charge is -1.82. The predicted molar refractivity (Wildman–Crippen MR) is 38.3 cm³/mol. The van der Waals surface area contributed by atoms with E-state index in [0.29, 0.717) is 0 Å². The van der Waals surface area contributed by atoms with Crippen LogP contribution in [0.2, 0.25) is 0 Å². The molecule has 1 fully saturated rings. The number of carboxylic acid groups (broad SMARTS) is 2. The minimum absolute atomic E-state index is 1.15. The van der Waals surface area contributed by atoms with Crippen LogP contribution in [0.3, 0.4) is 0 Å². The third-order valence-electron chi connectivity index (χ3n) is 1.39. The highest BCUT2D eigenvalue weighted by atomic mass is 16.6. The van der Waals surface area contributed by atoms with Gasteiger partial charge in [-0.1, -0.05) is 32.6 Å². The van der Waals surface area contributed by atoms with Crippen LogP contribution < -0.4 is 0 Å². The molecule has 0 saturated heterocycles. The van der Waals surface area contributed by atoms with Crippen molar-refractivity contribution in [2.75, 3.05) is 0 Å². The van der Waals surface area contributed by atoms with Gasteiger partial charge in [-0.25, -0.2) is 4.79 Å². The van der Waals surface area contributed by atoms with Crippen molar-refractivity contribution in [3.63, 3.8) is 0 Å². The fraction of sp³-hybridized carbons (Fsp3) is 0.857. The van der Waals surface area contributed by atoms with E-state index in [9.17, 15) is 0 Å². The summed E-state index contributed by atoms with van der Waals surface area (Å²) in [5, 5.41) is 13.9. The van der Waals surface area contributed by atoms with Crippen LogP contribution in [-0.4, -0.2) is 16.4 Å². The van der Waals surface area contributed by atoms with Crippen molar-refractivity contribution in [1.82, 2.24) is 0 Å². The molecule has 2 N–H and O–H groups in total. The van der Waals surface area contributed by atoms with Gasteiger partial charge in [0.25, 0.3) is 0 Å². The Balaban J connectivity index is 0.000000180. The van der Waals surface area contributed by atoms with E-state index in [1.165, 1.54) is 25.7 Å². The Morgan fingerprint density at radius 1 is 1.50 bits per heavy atom. The molecule has 1 rings (SSSR count). The summed E-state index contributed by atoms with van der Waals surface area (Å²) >= 11 is 0. The number of hydrogen-bond acceptors (Lipinski definition) is 1. The van der Waals surface area contributed by atoms with Crippen molar-refractivity contribution >= 4 is 6.16 Å². The van der Waals surface area contributed by atoms with Crippen molar-refractivity contribution in [1.29, 1.82) is 0 Å². The first-order chi connectivity index (χ1) is 4.66. The zero-order chi connectivity index (χ0) is 7.98. The third-order valence-corrected chi connectivity index (χ3v) is 1.39. The summed E-state index contributed by atoms with van der Waals surface area (Å²) in [6.07, 6.45) is 4.09. The Morgan fingerprint density at radius 2 is 1.90 bits per heavy atom. The molecular weight excluding hydrogens is 132 g/mol. The maximum Gasteiger partial charge on any atom is 0.503 e. The highest BCUT2D eigenvalue weighted by Crippen LogP contribution is 2.32. The van der Waals surface area contributed by atoms with Crippen molar-refractivity contribution in [3.8, 4) is 0 Å². The van der Waals surface area contributed by atoms with Gasteiger partial charge in [0.05, 0.1) is 0 Å². The van der Waals surface area contributed by atoms with Gasteiger partial charge in [-0.2, -0.15) is 0 Å². The summed E-state index contributed by atoms with van der Waals surface area (Å²) in [6.45, 7) is 2.26. The average Bonchev–Trinajstić information content (AvgIpc) is 2.48. The van der Waals surface area contributed by atoms with Crippen LogP contribution in [0.25, 0.3) is 0 Å². The molecule has 10 heavy (non-hydrogen) atoms. The average molecular weight is 146 g/mol. The lowest BCUT2D eigenvalue weighted by atomic mass is 10.2. The molecule has 0 aliphatic heterocycles. The molecule has 0 unspecified atom stereocenters. The second kappa shape index (κ2) is 5.09. The minimum atomic E-state index is -1.83. The van der Waals surface area contributed by atoms with Crippen LogP contribution in [-0.2, 0) is 0 Å². The van der Waals surface area contributed by atoms with Crippen LogP contribution in [0.5, 0.6) is 0 Å². The lowest BCUT2D eigenvalue weighted by Crippen LogP contribution is -1.81. The molecule has 60 valence electrons. The van der Waals surface area contributed by atoms with Crippen LogP contribution >= 0.6 is 0 Å². The highest BCUT2D eigenvalue weighted by Gasteiger charge is 2.18. The molecule has 0 spiro atoms. The molecule has 0 radical (unpaired) electrons. The van der Waals surface area contributed by atoms with E-state index in [2.05, 4.69) is 6.92 Å². The van der Waals surface area contributed by atoms with Crippen LogP contribution in [0, 0.1) is 5.92 Å². The lowest BCUT2D eigenvalue weighted by molar-refractivity contribution is 0.137. The van der Waals surface area contributed by atoms with Gasteiger partial charge in [0.15, 0.2) is 0 Å². The summed E-state index contributed by atoms with van der Waals surface area (Å²) in [7, 11) is 0. The van der Waals surface area contributed by atoms with Crippen LogP contribution in [0.4, 0.5) is 4.79 Å². The maximum absolute atomic E-state index is 8.56. The normalized spacial score (nSPS) is 15.3. The Bertz CT molecular complexity index is 93.0. The summed E-state index contributed by atoms with van der Waals surface area (Å²) in [5.74, 6) is 1.15. The van der Waals surface area contributed by atoms with Crippen molar-refractivity contribution in [3.05, 3.63) is 0 Å². The molecule has 1 aliphatic rings. The summed E-state index contributed by atoms with van der Waals surface area (Å²) in [6, 6.07) is 0. The first-order valence-electron chi connectivity index (χ1n) is 3.58. The molecule has 3 heteroatoms. The molecule has 0 aromatic carbocycles. The van der Waals surface area contributed by atoms with Crippen LogP contribution in [0.15, 0.2) is 0 Å². The summed E-state index contributed by atoms with van der Waals surface area (Å²) in [4.78, 5) is 8.56. The zero-order valence-corrected chi connectivity index (χ0v) is 6.21. The maximum atomic E-state index is 8.56. The molecule has 0 atom stereocenters. The fourth-order valence-electron chi connectivity index (χ4n) is 0.815. The van der Waals surface area contributed by atoms with Gasteiger partial charge in [-0.05, 0) is 5.92 Å². The molecule has 3 nitrogen and oxygen atoms in total. The Labute approximate surface area is 60.7 Å². The number of rotatable bonds is 2. The van der Waals surface area contributed by atoms with E-state index in [4.69, 9.17) is 15.0 Å². The second-order valence-electron chi connectivity index (χ2n) is 2.51. The largest absolute Gasteiger partial charge is 0.503 e. The van der Waals surface area contributed by atoms with Gasteiger partial charge in [-0.3, -0.25) is 0 Å². The third kappa shape index (κ3) is 10.3. The summed E-state index contributed by atoms with van der Waals surface area (Å²) < 4.78 is 0. The fourth-order valence-corrected chi connectivity index (χ4v) is 0.815. The predicted octanol–water partition coefficient (Wildman–Crippen LogP) is 2.42. The Hall–Kier alpha value is -0.730. The monoisotopic (exact) mass is 146 g/mol. The van der Waals surface area contributed by atoms with E-state index in [0.717, 1.165) is 5.92 Å². The van der Waals surface area contributed by atoms with Gasteiger partial charge in [-0.15, -0.1) is 0 Å². The molecule has 0 aromatic heterocycles. The molecular formula is C7H14O3. The van der Waals surface area contributed by atoms with Crippen molar-refractivity contribution in [2.24, 2.45) is 5.92 Å². The molecule has 1 saturated carbocycles. The standard InChI is InChI=1S/C6H12.CH2O3/c1-2-3-6-4-5-6;2-1(3)4/h6H,2-5H2,1H3;(H2,2,3,4). The van der Waals surface area contributed by atoms with Gasteiger partial charge in [0, 0.05) is 0 Å². The van der Waals surface area contributed by atoms with E-state index in [-0.39, 0.29) is 0 Å². The Kier molecular flexibility index (Phi) is 4.72. The molecule has 0 bridgehead atoms. The first-order valence-corrected chi connectivity index (χ1v) is 3.58. The highest BCUT2D eigenvalue weighted by molar-refractivity contribution is 5.53. The minimum Gasteiger partial charge on any atom is -0.450 e. The SMILES string of the molecule is CCCC1CC1.O=C(O)O. The number of carbonyl (C=O) groups is 1. The second-order valence-corrected chi connectivity index (χ2v) is 2.51. The molecule has 0 amide bonds. The zero-order valence-electron chi connectivity index (χ0n) is 6.21. The quantitative estimate of drug-likeness (QED) is 0.629. The first kappa shape index (κ1) is 9.27. The van der Waals surface area contributed by atoms with Gasteiger partial charge in [0.1, 0.15) is 0 Å². The van der Waals surface area contributed by atoms with Gasteiger partial charge in [0.2, 0.25) is 0 Å². The van der Waals surface area contributed by atoms with Crippen molar-refractivity contribution < 1.29 is 15.0 Å². The summed E-state index contributed by atoms with van der Waals surface area (Å²) in [5.41, 5.74) is 0. The van der Waals surface area contributed by atoms with E-state index in [1.807, 2.05) is 0 Å². The smallest absolute Gasteiger partial charge is 0.450 e. The van der Waals surface area contributed by atoms with E-state index in [1.54, 1.807) is 0 Å². The van der Waals surface area contributed by atoms with Crippen molar-refractivity contribution in [2.45, 2.75) is 32.6 Å². The van der Waals surface area contributed by atoms with E-state index >= 15 is 0 Å². The molecule has 0 heterocycles. The molecule has 0 aromatic rings. The topological polar surface area (TPSA) is 57.5 Å². The van der Waals surface area contributed by atoms with Gasteiger partial charge >= 0.3 is 6.16 Å². The van der Waals surface area contributed by atoms with E-state index < -0.39 is 6.16 Å². The van der Waals surface area contributed by atoms with Crippen LogP contribution in [0.1, 0.15) is 32.6 Å². The Morgan fingerprint density at radius 3 is 2.00 bits per heavy atom. The molecule has 1 aliphatic carbocycles.